The highest BCUT2D eigenvalue weighted by molar-refractivity contribution is 5.87. The summed E-state index contributed by atoms with van der Waals surface area (Å²) in [7, 11) is 0. The minimum Gasteiger partial charge on any atom is -0.478 e. The van der Waals surface area contributed by atoms with Crippen LogP contribution in [0.5, 0.6) is 0 Å². The molecule has 1 fully saturated rings. The van der Waals surface area contributed by atoms with Crippen molar-refractivity contribution in [2.45, 2.75) is 52.4 Å². The standard InChI is InChI=1S/C13H22O2/c1-10(2)9-13(11(3)12(14)15)7-5-4-6-8-13/h10H,3-9H2,1-2H3,(H,14,15). The van der Waals surface area contributed by atoms with E-state index in [-0.39, 0.29) is 5.41 Å². The summed E-state index contributed by atoms with van der Waals surface area (Å²) in [4.78, 5) is 11.1. The fraction of sp³-hybridized carbons (Fsp3) is 0.769. The van der Waals surface area contributed by atoms with E-state index in [1.54, 1.807) is 0 Å². The number of carbonyl (C=O) groups is 1. The van der Waals surface area contributed by atoms with E-state index in [4.69, 9.17) is 5.11 Å². The first kappa shape index (κ1) is 12.3. The minimum atomic E-state index is -0.808. The van der Waals surface area contributed by atoms with Gasteiger partial charge in [0.25, 0.3) is 0 Å². The van der Waals surface area contributed by atoms with Crippen LogP contribution in [0.4, 0.5) is 0 Å². The molecule has 0 radical (unpaired) electrons. The number of hydrogen-bond acceptors (Lipinski definition) is 1. The lowest BCUT2D eigenvalue weighted by Crippen LogP contribution is -2.31. The number of hydrogen-bond donors (Lipinski definition) is 1. The van der Waals surface area contributed by atoms with E-state index in [0.29, 0.717) is 11.5 Å². The molecule has 0 aromatic rings. The van der Waals surface area contributed by atoms with Crippen LogP contribution in [0.2, 0.25) is 0 Å². The Labute approximate surface area is 92.4 Å². The molecule has 0 unspecified atom stereocenters. The van der Waals surface area contributed by atoms with Crippen molar-refractivity contribution in [3.8, 4) is 0 Å². The number of rotatable bonds is 4. The summed E-state index contributed by atoms with van der Waals surface area (Å²) in [5.74, 6) is -0.267. The lowest BCUT2D eigenvalue weighted by atomic mass is 9.65. The first-order chi connectivity index (χ1) is 6.98. The molecule has 0 saturated heterocycles. The number of aliphatic carboxylic acids is 1. The van der Waals surface area contributed by atoms with Gasteiger partial charge >= 0.3 is 5.97 Å². The molecule has 0 spiro atoms. The van der Waals surface area contributed by atoms with Gasteiger partial charge in [0, 0.05) is 11.0 Å². The van der Waals surface area contributed by atoms with Gasteiger partial charge in [0.15, 0.2) is 0 Å². The molecule has 1 saturated carbocycles. The third-order valence-electron chi connectivity index (χ3n) is 3.51. The number of carboxylic acid groups (broad SMARTS) is 1. The van der Waals surface area contributed by atoms with Crippen LogP contribution in [0.3, 0.4) is 0 Å². The molecule has 1 N–H and O–H groups in total. The van der Waals surface area contributed by atoms with E-state index in [9.17, 15) is 4.79 Å². The maximum Gasteiger partial charge on any atom is 0.331 e. The van der Waals surface area contributed by atoms with E-state index < -0.39 is 5.97 Å². The van der Waals surface area contributed by atoms with Gasteiger partial charge in [-0.15, -0.1) is 0 Å². The monoisotopic (exact) mass is 210 g/mol. The van der Waals surface area contributed by atoms with Gasteiger partial charge < -0.3 is 5.11 Å². The van der Waals surface area contributed by atoms with Crippen molar-refractivity contribution in [3.05, 3.63) is 12.2 Å². The summed E-state index contributed by atoms with van der Waals surface area (Å²) in [6.45, 7) is 8.12. The zero-order valence-corrected chi connectivity index (χ0v) is 9.88. The molecule has 0 bridgehead atoms. The van der Waals surface area contributed by atoms with Crippen LogP contribution < -0.4 is 0 Å². The SMILES string of the molecule is C=C(C(=O)O)C1(CC(C)C)CCCCC1. The highest BCUT2D eigenvalue weighted by Gasteiger charge is 2.38. The first-order valence-electron chi connectivity index (χ1n) is 5.90. The second-order valence-corrected chi connectivity index (χ2v) is 5.22. The van der Waals surface area contributed by atoms with Gasteiger partial charge in [0.2, 0.25) is 0 Å². The van der Waals surface area contributed by atoms with Crippen molar-refractivity contribution in [2.75, 3.05) is 0 Å². The maximum atomic E-state index is 11.1. The van der Waals surface area contributed by atoms with Crippen LogP contribution in [0.1, 0.15) is 52.4 Å². The van der Waals surface area contributed by atoms with Gasteiger partial charge in [-0.2, -0.15) is 0 Å². The second kappa shape index (κ2) is 4.82. The van der Waals surface area contributed by atoms with Crippen molar-refractivity contribution in [1.29, 1.82) is 0 Å². The van der Waals surface area contributed by atoms with Crippen molar-refractivity contribution in [1.82, 2.24) is 0 Å². The Bertz CT molecular complexity index is 247. The Morgan fingerprint density at radius 1 is 1.33 bits per heavy atom. The minimum absolute atomic E-state index is 0.113. The predicted molar refractivity (Wildman–Crippen MR) is 61.7 cm³/mol. The van der Waals surface area contributed by atoms with Gasteiger partial charge in [0.05, 0.1) is 0 Å². The molecule has 1 aliphatic rings. The van der Waals surface area contributed by atoms with Crippen LogP contribution in [0.15, 0.2) is 12.2 Å². The van der Waals surface area contributed by atoms with Crippen molar-refractivity contribution < 1.29 is 9.90 Å². The fourth-order valence-corrected chi connectivity index (χ4v) is 2.87. The Morgan fingerprint density at radius 3 is 2.27 bits per heavy atom. The molecule has 86 valence electrons. The lowest BCUT2D eigenvalue weighted by Gasteiger charge is -2.39. The molecule has 0 atom stereocenters. The molecular formula is C13H22O2. The third kappa shape index (κ3) is 2.83. The Hall–Kier alpha value is -0.790. The van der Waals surface area contributed by atoms with Crippen LogP contribution in [0, 0.1) is 11.3 Å². The van der Waals surface area contributed by atoms with E-state index >= 15 is 0 Å². The average molecular weight is 210 g/mol. The topological polar surface area (TPSA) is 37.3 Å². The van der Waals surface area contributed by atoms with Gasteiger partial charge in [-0.05, 0) is 25.2 Å². The summed E-state index contributed by atoms with van der Waals surface area (Å²) in [5, 5.41) is 9.11. The van der Waals surface area contributed by atoms with Crippen LogP contribution >= 0.6 is 0 Å². The normalized spacial score (nSPS) is 20.2. The van der Waals surface area contributed by atoms with E-state index in [1.165, 1.54) is 6.42 Å². The van der Waals surface area contributed by atoms with Crippen molar-refractivity contribution >= 4 is 5.97 Å². The van der Waals surface area contributed by atoms with Gasteiger partial charge in [-0.25, -0.2) is 4.79 Å². The summed E-state index contributed by atoms with van der Waals surface area (Å²) >= 11 is 0. The molecule has 1 rings (SSSR count). The maximum absolute atomic E-state index is 11.1. The summed E-state index contributed by atoms with van der Waals surface area (Å²) < 4.78 is 0. The number of carboxylic acids is 1. The van der Waals surface area contributed by atoms with Gasteiger partial charge in [-0.1, -0.05) is 39.7 Å². The van der Waals surface area contributed by atoms with Crippen LogP contribution in [-0.4, -0.2) is 11.1 Å². The van der Waals surface area contributed by atoms with Crippen molar-refractivity contribution in [2.24, 2.45) is 11.3 Å². The molecule has 0 heterocycles. The summed E-state index contributed by atoms with van der Waals surface area (Å²) in [6, 6.07) is 0. The highest BCUT2D eigenvalue weighted by atomic mass is 16.4. The zero-order valence-electron chi connectivity index (χ0n) is 9.88. The van der Waals surface area contributed by atoms with E-state index in [2.05, 4.69) is 20.4 Å². The molecule has 0 aromatic carbocycles. The van der Waals surface area contributed by atoms with Crippen LogP contribution in [-0.2, 0) is 4.79 Å². The van der Waals surface area contributed by atoms with E-state index in [0.717, 1.165) is 32.1 Å². The summed E-state index contributed by atoms with van der Waals surface area (Å²) in [5.41, 5.74) is 0.328. The molecule has 0 amide bonds. The quantitative estimate of drug-likeness (QED) is 0.719. The van der Waals surface area contributed by atoms with Gasteiger partial charge in [-0.3, -0.25) is 0 Å². The Balaban J connectivity index is 2.84. The molecule has 2 nitrogen and oxygen atoms in total. The third-order valence-corrected chi connectivity index (χ3v) is 3.51. The summed E-state index contributed by atoms with van der Waals surface area (Å²) in [6.07, 6.45) is 6.54. The smallest absolute Gasteiger partial charge is 0.331 e. The lowest BCUT2D eigenvalue weighted by molar-refractivity contribution is -0.134. The average Bonchev–Trinajstić information content (AvgIpc) is 2.16. The largest absolute Gasteiger partial charge is 0.478 e. The second-order valence-electron chi connectivity index (χ2n) is 5.22. The molecule has 2 heteroatoms. The molecule has 0 aliphatic heterocycles. The fourth-order valence-electron chi connectivity index (χ4n) is 2.87. The molecule has 1 aliphatic carbocycles. The van der Waals surface area contributed by atoms with Crippen molar-refractivity contribution in [3.63, 3.8) is 0 Å². The van der Waals surface area contributed by atoms with Gasteiger partial charge in [0.1, 0.15) is 0 Å². The molecule has 15 heavy (non-hydrogen) atoms. The Morgan fingerprint density at radius 2 is 1.87 bits per heavy atom. The first-order valence-corrected chi connectivity index (χ1v) is 5.90. The van der Waals surface area contributed by atoms with E-state index in [1.807, 2.05) is 0 Å². The predicted octanol–water partition coefficient (Wildman–Crippen LogP) is 3.62. The molecular weight excluding hydrogens is 188 g/mol. The zero-order chi connectivity index (χ0) is 11.5. The Kier molecular flexibility index (Phi) is 3.95. The highest BCUT2D eigenvalue weighted by Crippen LogP contribution is 2.46. The molecule has 0 aromatic heterocycles. The van der Waals surface area contributed by atoms with Crippen LogP contribution in [0.25, 0.3) is 0 Å².